The first-order valence-electron chi connectivity index (χ1n) is 12.0. The minimum atomic E-state index is -4.09. The Labute approximate surface area is 240 Å². The van der Waals surface area contributed by atoms with Crippen LogP contribution in [0, 0.1) is 0 Å². The average Bonchev–Trinajstić information content (AvgIpc) is 2.93. The summed E-state index contributed by atoms with van der Waals surface area (Å²) in [7, 11) is -4.09. The molecule has 0 aliphatic carbocycles. The monoisotopic (exact) mass is 616 g/mol. The molecule has 0 spiro atoms. The van der Waals surface area contributed by atoms with Gasteiger partial charge in [0.15, 0.2) is 12.4 Å². The number of nitrogens with one attached hydrogen (secondary N) is 1. The zero-order valence-corrected chi connectivity index (χ0v) is 23.3. The van der Waals surface area contributed by atoms with Crippen molar-refractivity contribution in [3.8, 4) is 0 Å². The van der Waals surface area contributed by atoms with E-state index < -0.39 is 63.5 Å². The second-order valence-electron chi connectivity index (χ2n) is 8.48. The van der Waals surface area contributed by atoms with E-state index in [0.29, 0.717) is 5.56 Å². The van der Waals surface area contributed by atoms with Crippen molar-refractivity contribution in [3.63, 3.8) is 0 Å². The fraction of sp³-hybridized carbons (Fsp3) is 0.360. The number of carbonyl (C=O) groups excluding carboxylic acids is 3. The molecular weight excluding hydrogens is 591 g/mol. The number of morpholine rings is 1. The first-order chi connectivity index (χ1) is 19.0. The molecule has 216 valence electrons. The summed E-state index contributed by atoms with van der Waals surface area (Å²) in [4.78, 5) is 48.5. The Kier molecular flexibility index (Phi) is 11.3. The lowest BCUT2D eigenvalue weighted by Gasteiger charge is -2.26. The number of Topliss-reactive ketones (excluding diaryl/α,β-unsaturated/α-hetero) is 1. The highest BCUT2D eigenvalue weighted by Gasteiger charge is 2.32. The van der Waals surface area contributed by atoms with Crippen LogP contribution < -0.4 is 5.32 Å². The normalized spacial score (nSPS) is 14.7. The van der Waals surface area contributed by atoms with Crippen molar-refractivity contribution in [2.24, 2.45) is 0 Å². The van der Waals surface area contributed by atoms with Gasteiger partial charge in [0.05, 0.1) is 34.9 Å². The summed E-state index contributed by atoms with van der Waals surface area (Å²) >= 11 is 12.4. The molecule has 1 atom stereocenters. The van der Waals surface area contributed by atoms with Crippen molar-refractivity contribution in [1.29, 1.82) is 0 Å². The number of hydrogen-bond donors (Lipinski definition) is 2. The second-order valence-corrected chi connectivity index (χ2v) is 11.2. The summed E-state index contributed by atoms with van der Waals surface area (Å²) in [5.74, 6) is -3.24. The third-order valence-corrected chi connectivity index (χ3v) is 8.49. The maximum atomic E-state index is 13.1. The number of rotatable bonds is 12. The number of hydrogen-bond acceptors (Lipinski definition) is 9. The quantitative estimate of drug-likeness (QED) is 0.338. The lowest BCUT2D eigenvalue weighted by Crippen LogP contribution is -2.43. The number of aliphatic carboxylic acids is 1. The topological polar surface area (TPSA) is 166 Å². The maximum absolute atomic E-state index is 13.1. The maximum Gasteiger partial charge on any atom is 0.408 e. The smallest absolute Gasteiger partial charge is 0.408 e. The van der Waals surface area contributed by atoms with Crippen molar-refractivity contribution in [2.75, 3.05) is 32.9 Å². The van der Waals surface area contributed by atoms with Crippen LogP contribution in [0.5, 0.6) is 0 Å². The van der Waals surface area contributed by atoms with E-state index in [2.05, 4.69) is 5.32 Å². The molecular formula is C25H26Cl2N2O10S. The minimum absolute atomic E-state index is 0.0914. The van der Waals surface area contributed by atoms with E-state index in [4.69, 9.17) is 42.5 Å². The first-order valence-corrected chi connectivity index (χ1v) is 14.1. The molecule has 2 N–H and O–H groups in total. The van der Waals surface area contributed by atoms with Crippen LogP contribution in [0.25, 0.3) is 0 Å². The molecule has 0 radical (unpaired) electrons. The van der Waals surface area contributed by atoms with Gasteiger partial charge < -0.3 is 24.6 Å². The molecule has 0 bridgehead atoms. The molecule has 1 aliphatic heterocycles. The minimum Gasteiger partial charge on any atom is -0.481 e. The molecule has 1 fully saturated rings. The summed E-state index contributed by atoms with van der Waals surface area (Å²) in [5, 5.41) is 10.6. The highest BCUT2D eigenvalue weighted by molar-refractivity contribution is 7.89. The Morgan fingerprint density at radius 2 is 1.70 bits per heavy atom. The van der Waals surface area contributed by atoms with Gasteiger partial charge in [-0.2, -0.15) is 4.31 Å². The number of alkyl carbamates (subject to hydrolysis) is 1. The van der Waals surface area contributed by atoms with Gasteiger partial charge in [0.2, 0.25) is 10.0 Å². The van der Waals surface area contributed by atoms with E-state index >= 15 is 0 Å². The Morgan fingerprint density at radius 3 is 2.35 bits per heavy atom. The van der Waals surface area contributed by atoms with Crippen molar-refractivity contribution in [3.05, 3.63) is 63.6 Å². The summed E-state index contributed by atoms with van der Waals surface area (Å²) in [6.45, 7) is -0.420. The number of esters is 1. The van der Waals surface area contributed by atoms with E-state index in [1.54, 1.807) is 30.3 Å². The Hall–Kier alpha value is -3.23. The standard InChI is InChI=1S/C25H26Cl2N2O10S/c26-17-6-8-20(40(35,36)29-10-12-37-13-11-29)23(27)22(17)24(33)38-15-19(30)18(7-9-21(31)32)28-25(34)39-14-16-4-2-1-3-5-16/h1-6,8,18H,7,9-15H2,(H,28,34)(H,31,32)/t18-/m0/s1. The molecule has 0 aromatic heterocycles. The van der Waals surface area contributed by atoms with Crippen LogP contribution in [0.1, 0.15) is 28.8 Å². The molecule has 12 nitrogen and oxygen atoms in total. The highest BCUT2D eigenvalue weighted by atomic mass is 35.5. The summed E-state index contributed by atoms with van der Waals surface area (Å²) < 4.78 is 42.6. The van der Waals surface area contributed by atoms with Crippen molar-refractivity contribution in [1.82, 2.24) is 9.62 Å². The molecule has 0 saturated carbocycles. The molecule has 2 aromatic carbocycles. The Bertz CT molecular complexity index is 1350. The van der Waals surface area contributed by atoms with Gasteiger partial charge in [-0.3, -0.25) is 9.59 Å². The number of halogens is 2. The largest absolute Gasteiger partial charge is 0.481 e. The number of benzene rings is 2. The highest BCUT2D eigenvalue weighted by Crippen LogP contribution is 2.33. The number of nitrogens with zero attached hydrogens (tertiary/aromatic N) is 1. The van der Waals surface area contributed by atoms with Crippen LogP contribution in [-0.4, -0.2) is 80.6 Å². The van der Waals surface area contributed by atoms with Gasteiger partial charge in [-0.1, -0.05) is 53.5 Å². The van der Waals surface area contributed by atoms with E-state index in [1.807, 2.05) is 0 Å². The lowest BCUT2D eigenvalue weighted by atomic mass is 10.1. The molecule has 1 aliphatic rings. The predicted molar refractivity (Wildman–Crippen MR) is 142 cm³/mol. The molecule has 3 rings (SSSR count). The van der Waals surface area contributed by atoms with E-state index in [-0.39, 0.29) is 49.2 Å². The fourth-order valence-electron chi connectivity index (χ4n) is 3.64. The van der Waals surface area contributed by atoms with Gasteiger partial charge in [-0.05, 0) is 24.1 Å². The van der Waals surface area contributed by atoms with Gasteiger partial charge in [-0.25, -0.2) is 18.0 Å². The number of carboxylic acids is 1. The second kappa shape index (κ2) is 14.4. The van der Waals surface area contributed by atoms with E-state index in [9.17, 15) is 27.6 Å². The van der Waals surface area contributed by atoms with Gasteiger partial charge in [0.25, 0.3) is 0 Å². The number of amides is 1. The Morgan fingerprint density at radius 1 is 1.02 bits per heavy atom. The summed E-state index contributed by atoms with van der Waals surface area (Å²) in [6, 6.07) is 9.68. The van der Waals surface area contributed by atoms with Crippen molar-refractivity contribution in [2.45, 2.75) is 30.4 Å². The molecule has 2 aromatic rings. The summed E-state index contributed by atoms with van der Waals surface area (Å²) in [6.07, 6.45) is -1.75. The van der Waals surface area contributed by atoms with Crippen molar-refractivity contribution < 1.29 is 46.9 Å². The summed E-state index contributed by atoms with van der Waals surface area (Å²) in [5.41, 5.74) is 0.217. The third-order valence-electron chi connectivity index (χ3n) is 5.73. The number of ether oxygens (including phenoxy) is 3. The number of carboxylic acid groups (broad SMARTS) is 1. The van der Waals surface area contributed by atoms with Crippen LogP contribution in [-0.2, 0) is 40.4 Å². The van der Waals surface area contributed by atoms with Crippen LogP contribution in [0.2, 0.25) is 10.0 Å². The predicted octanol–water partition coefficient (Wildman–Crippen LogP) is 2.90. The molecule has 0 unspecified atom stereocenters. The molecule has 40 heavy (non-hydrogen) atoms. The van der Waals surface area contributed by atoms with Gasteiger partial charge in [-0.15, -0.1) is 0 Å². The van der Waals surface area contributed by atoms with Crippen molar-refractivity contribution >= 4 is 57.0 Å². The molecule has 1 saturated heterocycles. The van der Waals surface area contributed by atoms with Crippen LogP contribution >= 0.6 is 23.2 Å². The number of sulfonamides is 1. The lowest BCUT2D eigenvalue weighted by molar-refractivity contribution is -0.137. The zero-order valence-electron chi connectivity index (χ0n) is 21.0. The average molecular weight is 617 g/mol. The molecule has 1 amide bonds. The zero-order chi connectivity index (χ0) is 29.3. The molecule has 15 heteroatoms. The molecule has 1 heterocycles. The fourth-order valence-corrected chi connectivity index (χ4v) is 5.94. The Balaban J connectivity index is 1.68. The van der Waals surface area contributed by atoms with Gasteiger partial charge >= 0.3 is 18.0 Å². The van der Waals surface area contributed by atoms with E-state index in [0.717, 1.165) is 10.4 Å². The van der Waals surface area contributed by atoms with Crippen LogP contribution in [0.3, 0.4) is 0 Å². The van der Waals surface area contributed by atoms with Crippen LogP contribution in [0.4, 0.5) is 4.79 Å². The van der Waals surface area contributed by atoms with Gasteiger partial charge in [0.1, 0.15) is 11.5 Å². The van der Waals surface area contributed by atoms with E-state index in [1.165, 1.54) is 6.07 Å². The van der Waals surface area contributed by atoms with Crippen LogP contribution in [0.15, 0.2) is 47.4 Å². The SMILES string of the molecule is O=C(O)CC[C@H](NC(=O)OCc1ccccc1)C(=O)COC(=O)c1c(Cl)ccc(S(=O)(=O)N2CCOCC2)c1Cl. The first kappa shape index (κ1) is 31.3. The van der Waals surface area contributed by atoms with Gasteiger partial charge in [0, 0.05) is 19.5 Å². The number of carbonyl (C=O) groups is 4. The number of ketones is 1. The third kappa shape index (κ3) is 8.38.